The Morgan fingerprint density at radius 2 is 2.14 bits per heavy atom. The van der Waals surface area contributed by atoms with Gasteiger partial charge in [-0.15, -0.1) is 0 Å². The summed E-state index contributed by atoms with van der Waals surface area (Å²) in [5.74, 6) is 1.42. The molecule has 0 radical (unpaired) electrons. The van der Waals surface area contributed by atoms with Crippen molar-refractivity contribution in [3.8, 4) is 5.88 Å². The SMILES string of the molecule is COc1c(CNC[C@H]2CCO[C@@H]2C(C)(C)C)c(C)nn1C. The molecule has 1 fully saturated rings. The summed E-state index contributed by atoms with van der Waals surface area (Å²) in [7, 11) is 3.61. The Morgan fingerprint density at radius 3 is 2.76 bits per heavy atom. The van der Waals surface area contributed by atoms with Gasteiger partial charge in [-0.25, -0.2) is 4.68 Å². The van der Waals surface area contributed by atoms with E-state index in [9.17, 15) is 0 Å². The van der Waals surface area contributed by atoms with Crippen LogP contribution >= 0.6 is 0 Å². The summed E-state index contributed by atoms with van der Waals surface area (Å²) in [6, 6.07) is 0. The lowest BCUT2D eigenvalue weighted by Crippen LogP contribution is -2.36. The molecule has 1 aliphatic heterocycles. The van der Waals surface area contributed by atoms with Crippen LogP contribution in [-0.2, 0) is 18.3 Å². The second-order valence-corrected chi connectivity index (χ2v) is 7.03. The monoisotopic (exact) mass is 295 g/mol. The van der Waals surface area contributed by atoms with Crippen molar-refractivity contribution >= 4 is 0 Å². The lowest BCUT2D eigenvalue weighted by molar-refractivity contribution is 0.00720. The van der Waals surface area contributed by atoms with E-state index in [0.29, 0.717) is 12.0 Å². The van der Waals surface area contributed by atoms with Gasteiger partial charge in [0, 0.05) is 32.7 Å². The van der Waals surface area contributed by atoms with Gasteiger partial charge in [0.15, 0.2) is 0 Å². The Balaban J connectivity index is 1.93. The summed E-state index contributed by atoms with van der Waals surface area (Å²) in [4.78, 5) is 0. The average molecular weight is 295 g/mol. The third-order valence-electron chi connectivity index (χ3n) is 4.26. The Hall–Kier alpha value is -1.07. The van der Waals surface area contributed by atoms with Gasteiger partial charge in [-0.3, -0.25) is 0 Å². The quantitative estimate of drug-likeness (QED) is 0.905. The van der Waals surface area contributed by atoms with Crippen molar-refractivity contribution in [2.75, 3.05) is 20.3 Å². The zero-order valence-corrected chi connectivity index (χ0v) is 14.2. The zero-order valence-electron chi connectivity index (χ0n) is 14.2. The van der Waals surface area contributed by atoms with Gasteiger partial charge in [0.05, 0.1) is 24.5 Å². The number of hydrogen-bond acceptors (Lipinski definition) is 4. The van der Waals surface area contributed by atoms with Gasteiger partial charge >= 0.3 is 0 Å². The van der Waals surface area contributed by atoms with Crippen molar-refractivity contribution in [2.24, 2.45) is 18.4 Å². The molecule has 0 unspecified atom stereocenters. The molecule has 0 spiro atoms. The highest BCUT2D eigenvalue weighted by Gasteiger charge is 2.36. The maximum Gasteiger partial charge on any atom is 0.216 e. The molecule has 5 heteroatoms. The summed E-state index contributed by atoms with van der Waals surface area (Å²) in [6.45, 7) is 11.4. The fraction of sp³-hybridized carbons (Fsp3) is 0.812. The van der Waals surface area contributed by atoms with Crippen LogP contribution in [0.5, 0.6) is 5.88 Å². The smallest absolute Gasteiger partial charge is 0.216 e. The third kappa shape index (κ3) is 3.58. The first-order valence-electron chi connectivity index (χ1n) is 7.73. The molecule has 1 aromatic rings. The van der Waals surface area contributed by atoms with E-state index >= 15 is 0 Å². The van der Waals surface area contributed by atoms with Crippen LogP contribution in [0.25, 0.3) is 0 Å². The van der Waals surface area contributed by atoms with Gasteiger partial charge in [0.2, 0.25) is 5.88 Å². The second-order valence-electron chi connectivity index (χ2n) is 7.03. The van der Waals surface area contributed by atoms with E-state index in [1.807, 2.05) is 14.0 Å². The fourth-order valence-electron chi connectivity index (χ4n) is 3.32. The molecule has 1 aliphatic rings. The van der Waals surface area contributed by atoms with Gasteiger partial charge in [-0.05, 0) is 18.8 Å². The van der Waals surface area contributed by atoms with Crippen LogP contribution in [0.4, 0.5) is 0 Å². The van der Waals surface area contributed by atoms with E-state index in [2.05, 4.69) is 31.2 Å². The van der Waals surface area contributed by atoms with Gasteiger partial charge in [0.1, 0.15) is 0 Å². The van der Waals surface area contributed by atoms with E-state index in [-0.39, 0.29) is 5.41 Å². The highest BCUT2D eigenvalue weighted by molar-refractivity contribution is 5.30. The zero-order chi connectivity index (χ0) is 15.6. The average Bonchev–Trinajstić information content (AvgIpc) is 2.94. The van der Waals surface area contributed by atoms with Gasteiger partial charge < -0.3 is 14.8 Å². The molecule has 0 aromatic carbocycles. The number of aromatic nitrogens is 2. The van der Waals surface area contributed by atoms with E-state index in [0.717, 1.165) is 43.3 Å². The molecule has 120 valence electrons. The molecule has 1 aromatic heterocycles. The molecular formula is C16H29N3O2. The summed E-state index contributed by atoms with van der Waals surface area (Å²) in [5, 5.41) is 7.97. The van der Waals surface area contributed by atoms with Gasteiger partial charge in [-0.1, -0.05) is 20.8 Å². The Bertz CT molecular complexity index is 477. The molecule has 2 rings (SSSR count). The van der Waals surface area contributed by atoms with Gasteiger partial charge in [-0.2, -0.15) is 5.10 Å². The number of methoxy groups -OCH3 is 1. The maximum absolute atomic E-state index is 5.92. The van der Waals surface area contributed by atoms with E-state index < -0.39 is 0 Å². The van der Waals surface area contributed by atoms with Gasteiger partial charge in [0.25, 0.3) is 0 Å². The first kappa shape index (κ1) is 16.3. The minimum absolute atomic E-state index is 0.199. The Morgan fingerprint density at radius 1 is 1.43 bits per heavy atom. The Labute approximate surface area is 128 Å². The second kappa shape index (κ2) is 6.36. The van der Waals surface area contributed by atoms with E-state index in [1.165, 1.54) is 0 Å². The standard InChI is InChI=1S/C16H29N3O2/c1-11-13(15(20-6)19(5)18-11)10-17-9-12-7-8-21-14(12)16(2,3)4/h12,14,17H,7-10H2,1-6H3/t12-,14+/m1/s1. The van der Waals surface area contributed by atoms with Crippen molar-refractivity contribution in [1.82, 2.24) is 15.1 Å². The molecule has 2 heterocycles. The molecule has 5 nitrogen and oxygen atoms in total. The molecule has 2 atom stereocenters. The Kier molecular flexibility index (Phi) is 4.94. The van der Waals surface area contributed by atoms with Crippen molar-refractivity contribution in [2.45, 2.75) is 46.8 Å². The summed E-state index contributed by atoms with van der Waals surface area (Å²) < 4.78 is 13.1. The van der Waals surface area contributed by atoms with E-state index in [1.54, 1.807) is 11.8 Å². The van der Waals surface area contributed by atoms with Crippen molar-refractivity contribution < 1.29 is 9.47 Å². The van der Waals surface area contributed by atoms with Crippen LogP contribution in [0.2, 0.25) is 0 Å². The topological polar surface area (TPSA) is 48.3 Å². The molecule has 1 N–H and O–H groups in total. The van der Waals surface area contributed by atoms with Crippen molar-refractivity contribution in [3.63, 3.8) is 0 Å². The first-order valence-corrected chi connectivity index (χ1v) is 7.73. The maximum atomic E-state index is 5.92. The number of aryl methyl sites for hydroxylation is 2. The number of nitrogens with one attached hydrogen (secondary N) is 1. The van der Waals surface area contributed by atoms with Crippen LogP contribution < -0.4 is 10.1 Å². The van der Waals surface area contributed by atoms with Crippen LogP contribution in [0, 0.1) is 18.3 Å². The fourth-order valence-corrected chi connectivity index (χ4v) is 3.32. The minimum atomic E-state index is 0.199. The van der Waals surface area contributed by atoms with Crippen LogP contribution in [0.1, 0.15) is 38.4 Å². The first-order chi connectivity index (χ1) is 9.84. The van der Waals surface area contributed by atoms with Crippen molar-refractivity contribution in [3.05, 3.63) is 11.3 Å². The van der Waals surface area contributed by atoms with Crippen LogP contribution in [0.15, 0.2) is 0 Å². The van der Waals surface area contributed by atoms with Crippen LogP contribution in [0.3, 0.4) is 0 Å². The highest BCUT2D eigenvalue weighted by atomic mass is 16.5. The van der Waals surface area contributed by atoms with E-state index in [4.69, 9.17) is 9.47 Å². The molecule has 0 saturated carbocycles. The number of ether oxygens (including phenoxy) is 2. The molecule has 1 saturated heterocycles. The molecule has 0 amide bonds. The molecule has 0 aliphatic carbocycles. The largest absolute Gasteiger partial charge is 0.481 e. The normalized spacial score (nSPS) is 22.8. The lowest BCUT2D eigenvalue weighted by Gasteiger charge is -2.31. The lowest BCUT2D eigenvalue weighted by atomic mass is 9.81. The van der Waals surface area contributed by atoms with Crippen LogP contribution in [-0.4, -0.2) is 36.1 Å². The van der Waals surface area contributed by atoms with Crippen molar-refractivity contribution in [1.29, 1.82) is 0 Å². The third-order valence-corrected chi connectivity index (χ3v) is 4.26. The predicted molar refractivity (Wildman–Crippen MR) is 83.5 cm³/mol. The summed E-state index contributed by atoms with van der Waals surface area (Å²) in [5.41, 5.74) is 2.37. The molecular weight excluding hydrogens is 266 g/mol. The number of nitrogens with zero attached hydrogens (tertiary/aromatic N) is 2. The minimum Gasteiger partial charge on any atom is -0.481 e. The number of hydrogen-bond donors (Lipinski definition) is 1. The summed E-state index contributed by atoms with van der Waals surface area (Å²) >= 11 is 0. The highest BCUT2D eigenvalue weighted by Crippen LogP contribution is 2.34. The predicted octanol–water partition coefficient (Wildman–Crippen LogP) is 2.28. The number of rotatable bonds is 5. The molecule has 21 heavy (non-hydrogen) atoms. The molecule has 0 bridgehead atoms. The summed E-state index contributed by atoms with van der Waals surface area (Å²) in [6.07, 6.45) is 1.47.